The molecule has 0 aliphatic carbocycles. The number of nitrogens with two attached hydrogens (primary N) is 1. The first-order valence-electron chi connectivity index (χ1n) is 5.26. The topological polar surface area (TPSA) is 80.9 Å². The van der Waals surface area contributed by atoms with Crippen LogP contribution >= 0.6 is 11.6 Å². The van der Waals surface area contributed by atoms with Gasteiger partial charge in [0.25, 0.3) is 0 Å². The molecule has 0 aliphatic heterocycles. The minimum Gasteiger partial charge on any atom is -0.397 e. The number of nitrogen functional groups attached to an aromatic ring is 1. The van der Waals surface area contributed by atoms with Gasteiger partial charge in [0.15, 0.2) is 0 Å². The van der Waals surface area contributed by atoms with Crippen LogP contribution < -0.4 is 11.1 Å². The normalized spacial score (nSPS) is 10.1. The molecule has 6 heteroatoms. The van der Waals surface area contributed by atoms with Crippen molar-refractivity contribution < 1.29 is 4.79 Å². The fraction of sp³-hybridized carbons (Fsp3) is 0.0833. The quantitative estimate of drug-likeness (QED) is 0.828. The molecule has 0 aliphatic rings. The lowest BCUT2D eigenvalue weighted by Gasteiger charge is -2.04. The van der Waals surface area contributed by atoms with Crippen molar-refractivity contribution in [2.24, 2.45) is 0 Å². The lowest BCUT2D eigenvalue weighted by Crippen LogP contribution is -2.16. The second-order valence-corrected chi connectivity index (χ2v) is 4.04. The van der Waals surface area contributed by atoms with Gasteiger partial charge in [0, 0.05) is 5.69 Å². The number of carbonyl (C=O) groups is 1. The zero-order valence-corrected chi connectivity index (χ0v) is 10.2. The van der Waals surface area contributed by atoms with Gasteiger partial charge < -0.3 is 11.1 Å². The first kappa shape index (κ1) is 12.3. The van der Waals surface area contributed by atoms with E-state index in [4.69, 9.17) is 17.3 Å². The highest BCUT2D eigenvalue weighted by Gasteiger charge is 2.06. The molecule has 0 saturated heterocycles. The van der Waals surface area contributed by atoms with Crippen LogP contribution in [0.4, 0.5) is 11.5 Å². The van der Waals surface area contributed by atoms with Gasteiger partial charge in [-0.2, -0.15) is 0 Å². The van der Waals surface area contributed by atoms with E-state index >= 15 is 0 Å². The summed E-state index contributed by atoms with van der Waals surface area (Å²) < 4.78 is 0. The van der Waals surface area contributed by atoms with E-state index in [1.165, 1.54) is 6.20 Å². The molecular weight excluding hydrogens is 252 g/mol. The molecule has 2 heterocycles. The number of aromatic nitrogens is 2. The van der Waals surface area contributed by atoms with Crippen LogP contribution in [-0.2, 0) is 11.2 Å². The van der Waals surface area contributed by atoms with Crippen molar-refractivity contribution in [3.8, 4) is 0 Å². The average Bonchev–Trinajstić information content (AvgIpc) is 2.32. The maximum atomic E-state index is 11.7. The standard InChI is InChI=1S/C12H11ClN4O/c13-10-2-1-3-11(16-10)17-12(18)6-9-5-4-8(14)7-15-9/h1-5,7H,6,14H2,(H,16,17,18). The molecule has 2 aromatic rings. The predicted octanol–water partition coefficient (Wildman–Crippen LogP) is 1.89. The van der Waals surface area contributed by atoms with Gasteiger partial charge in [-0.15, -0.1) is 0 Å². The van der Waals surface area contributed by atoms with Crippen LogP contribution in [0.3, 0.4) is 0 Å². The number of anilines is 2. The Hall–Kier alpha value is -2.14. The Morgan fingerprint density at radius 1 is 1.33 bits per heavy atom. The van der Waals surface area contributed by atoms with Gasteiger partial charge in [0.05, 0.1) is 18.3 Å². The first-order valence-corrected chi connectivity index (χ1v) is 5.64. The fourth-order valence-electron chi connectivity index (χ4n) is 1.37. The van der Waals surface area contributed by atoms with E-state index in [0.29, 0.717) is 22.4 Å². The third-order valence-corrected chi connectivity index (χ3v) is 2.38. The van der Waals surface area contributed by atoms with E-state index in [1.807, 2.05) is 0 Å². The lowest BCUT2D eigenvalue weighted by molar-refractivity contribution is -0.115. The summed E-state index contributed by atoms with van der Waals surface area (Å²) in [5.41, 5.74) is 6.72. The van der Waals surface area contributed by atoms with Crippen molar-refractivity contribution in [3.63, 3.8) is 0 Å². The van der Waals surface area contributed by atoms with Gasteiger partial charge in [-0.3, -0.25) is 9.78 Å². The molecule has 0 aromatic carbocycles. The summed E-state index contributed by atoms with van der Waals surface area (Å²) in [7, 11) is 0. The van der Waals surface area contributed by atoms with E-state index in [-0.39, 0.29) is 12.3 Å². The van der Waals surface area contributed by atoms with Crippen molar-refractivity contribution in [2.45, 2.75) is 6.42 Å². The monoisotopic (exact) mass is 262 g/mol. The van der Waals surface area contributed by atoms with Gasteiger partial charge >= 0.3 is 0 Å². The predicted molar refractivity (Wildman–Crippen MR) is 70.2 cm³/mol. The molecule has 1 amide bonds. The number of nitrogens with zero attached hydrogens (tertiary/aromatic N) is 2. The molecule has 2 rings (SSSR count). The number of halogens is 1. The Bertz CT molecular complexity index is 556. The minimum atomic E-state index is -0.206. The highest BCUT2D eigenvalue weighted by molar-refractivity contribution is 6.29. The molecule has 2 aromatic heterocycles. The summed E-state index contributed by atoms with van der Waals surface area (Å²) in [6, 6.07) is 8.43. The lowest BCUT2D eigenvalue weighted by atomic mass is 10.2. The summed E-state index contributed by atoms with van der Waals surface area (Å²) in [4.78, 5) is 19.7. The number of amides is 1. The van der Waals surface area contributed by atoms with Crippen molar-refractivity contribution in [2.75, 3.05) is 11.1 Å². The molecule has 0 spiro atoms. The molecular formula is C12H11ClN4O. The molecule has 18 heavy (non-hydrogen) atoms. The number of rotatable bonds is 3. The van der Waals surface area contributed by atoms with Crippen LogP contribution in [0.1, 0.15) is 5.69 Å². The first-order chi connectivity index (χ1) is 8.63. The van der Waals surface area contributed by atoms with Crippen molar-refractivity contribution in [3.05, 3.63) is 47.4 Å². The highest BCUT2D eigenvalue weighted by Crippen LogP contribution is 2.09. The Morgan fingerprint density at radius 2 is 2.17 bits per heavy atom. The molecule has 92 valence electrons. The van der Waals surface area contributed by atoms with Crippen LogP contribution in [0, 0.1) is 0 Å². The third-order valence-electron chi connectivity index (χ3n) is 2.17. The van der Waals surface area contributed by atoms with Gasteiger partial charge in [0.1, 0.15) is 11.0 Å². The van der Waals surface area contributed by atoms with Crippen LogP contribution in [0.25, 0.3) is 0 Å². The van der Waals surface area contributed by atoms with Gasteiger partial charge in [-0.1, -0.05) is 17.7 Å². The van der Waals surface area contributed by atoms with Crippen molar-refractivity contribution in [1.82, 2.24) is 9.97 Å². The largest absolute Gasteiger partial charge is 0.397 e. The Labute approximate surface area is 109 Å². The summed E-state index contributed by atoms with van der Waals surface area (Å²) in [5.74, 6) is 0.213. The van der Waals surface area contributed by atoms with E-state index in [9.17, 15) is 4.79 Å². The van der Waals surface area contributed by atoms with E-state index in [2.05, 4.69) is 15.3 Å². The van der Waals surface area contributed by atoms with Crippen LogP contribution in [0.15, 0.2) is 36.5 Å². The van der Waals surface area contributed by atoms with Crippen molar-refractivity contribution in [1.29, 1.82) is 0 Å². The molecule has 0 radical (unpaired) electrons. The SMILES string of the molecule is Nc1ccc(CC(=O)Nc2cccc(Cl)n2)nc1. The van der Waals surface area contributed by atoms with Gasteiger partial charge in [-0.05, 0) is 24.3 Å². The van der Waals surface area contributed by atoms with Crippen molar-refractivity contribution >= 4 is 29.0 Å². The second-order valence-electron chi connectivity index (χ2n) is 3.65. The number of nitrogens with one attached hydrogen (secondary N) is 1. The molecule has 0 saturated carbocycles. The second kappa shape index (κ2) is 5.46. The Morgan fingerprint density at radius 3 is 2.83 bits per heavy atom. The molecule has 3 N–H and O–H groups in total. The van der Waals surface area contributed by atoms with Gasteiger partial charge in [0.2, 0.25) is 5.91 Å². The summed E-state index contributed by atoms with van der Waals surface area (Å²) in [6.07, 6.45) is 1.68. The average molecular weight is 263 g/mol. The third kappa shape index (κ3) is 3.43. The Balaban J connectivity index is 1.98. The number of carbonyl (C=O) groups excluding carboxylic acids is 1. The summed E-state index contributed by atoms with van der Waals surface area (Å²) in [6.45, 7) is 0. The smallest absolute Gasteiger partial charge is 0.231 e. The van der Waals surface area contributed by atoms with Crippen LogP contribution in [0.5, 0.6) is 0 Å². The highest BCUT2D eigenvalue weighted by atomic mass is 35.5. The number of hydrogen-bond donors (Lipinski definition) is 2. The fourth-order valence-corrected chi connectivity index (χ4v) is 1.53. The molecule has 0 unspecified atom stereocenters. The van der Waals surface area contributed by atoms with Crippen LogP contribution in [-0.4, -0.2) is 15.9 Å². The van der Waals surface area contributed by atoms with E-state index < -0.39 is 0 Å². The maximum Gasteiger partial charge on any atom is 0.231 e. The van der Waals surface area contributed by atoms with E-state index in [1.54, 1.807) is 30.3 Å². The zero-order chi connectivity index (χ0) is 13.0. The number of hydrogen-bond acceptors (Lipinski definition) is 4. The molecule has 0 atom stereocenters. The molecule has 0 fully saturated rings. The molecule has 0 bridgehead atoms. The zero-order valence-electron chi connectivity index (χ0n) is 9.43. The number of pyridine rings is 2. The van der Waals surface area contributed by atoms with Gasteiger partial charge in [-0.25, -0.2) is 4.98 Å². The summed E-state index contributed by atoms with van der Waals surface area (Å²) in [5, 5.41) is 2.97. The molecule has 5 nitrogen and oxygen atoms in total. The minimum absolute atomic E-state index is 0.161. The van der Waals surface area contributed by atoms with Crippen LogP contribution in [0.2, 0.25) is 5.15 Å². The Kier molecular flexibility index (Phi) is 3.74. The summed E-state index contributed by atoms with van der Waals surface area (Å²) >= 11 is 5.72. The van der Waals surface area contributed by atoms with E-state index in [0.717, 1.165) is 0 Å². The maximum absolute atomic E-state index is 11.7.